The van der Waals surface area contributed by atoms with Crippen LogP contribution in [-0.2, 0) is 0 Å². The zero-order valence-electron chi connectivity index (χ0n) is 11.1. The lowest BCUT2D eigenvalue weighted by Crippen LogP contribution is -2.01. The van der Waals surface area contributed by atoms with Crippen LogP contribution in [0.25, 0.3) is 22.2 Å². The Morgan fingerprint density at radius 3 is 2.64 bits per heavy atom. The highest BCUT2D eigenvalue weighted by Gasteiger charge is 2.29. The number of hydrogen-bond acceptors (Lipinski definition) is 3. The molecule has 0 radical (unpaired) electrons. The Labute approximate surface area is 130 Å². The fraction of sp³-hybridized carbons (Fsp3) is 0. The molecule has 4 rings (SSSR count). The standard InChI is InChI=1S/C17H8ClNO3/c18-9-4-5-10-12(7-9)16(20)13-6-8-2-1-3-11(17(21)22)14(8)19-15(10)13/h1-7H,(H,21,22). The van der Waals surface area contributed by atoms with Crippen LogP contribution in [0.2, 0.25) is 5.02 Å². The van der Waals surface area contributed by atoms with Crippen LogP contribution in [-0.4, -0.2) is 21.8 Å². The van der Waals surface area contributed by atoms with E-state index in [-0.39, 0.29) is 11.3 Å². The predicted molar refractivity (Wildman–Crippen MR) is 82.6 cm³/mol. The molecule has 0 bridgehead atoms. The first-order valence-corrected chi connectivity index (χ1v) is 6.96. The van der Waals surface area contributed by atoms with Gasteiger partial charge in [0.15, 0.2) is 5.78 Å². The van der Waals surface area contributed by atoms with Crippen LogP contribution in [0, 0.1) is 0 Å². The van der Waals surface area contributed by atoms with E-state index in [1.54, 1.807) is 36.4 Å². The molecule has 1 aliphatic rings. The van der Waals surface area contributed by atoms with Gasteiger partial charge in [-0.3, -0.25) is 4.79 Å². The number of carbonyl (C=O) groups excluding carboxylic acids is 1. The summed E-state index contributed by atoms with van der Waals surface area (Å²) < 4.78 is 0. The monoisotopic (exact) mass is 309 g/mol. The van der Waals surface area contributed by atoms with Crippen LogP contribution in [0.1, 0.15) is 26.3 Å². The van der Waals surface area contributed by atoms with Gasteiger partial charge in [0.2, 0.25) is 0 Å². The molecule has 0 saturated heterocycles. The van der Waals surface area contributed by atoms with Gasteiger partial charge in [-0.25, -0.2) is 9.78 Å². The first-order valence-electron chi connectivity index (χ1n) is 6.58. The molecule has 0 amide bonds. The molecule has 1 aliphatic carbocycles. The van der Waals surface area contributed by atoms with Crippen LogP contribution in [0.4, 0.5) is 0 Å². The van der Waals surface area contributed by atoms with Crippen LogP contribution in [0.15, 0.2) is 42.5 Å². The van der Waals surface area contributed by atoms with E-state index in [9.17, 15) is 14.7 Å². The Bertz CT molecular complexity index is 995. The lowest BCUT2D eigenvalue weighted by atomic mass is 10.1. The molecule has 2 aromatic carbocycles. The number of carboxylic acids is 1. The Kier molecular flexibility index (Phi) is 2.59. The fourth-order valence-corrected chi connectivity index (χ4v) is 2.98. The summed E-state index contributed by atoms with van der Waals surface area (Å²) in [5.41, 5.74) is 2.68. The highest BCUT2D eigenvalue weighted by atomic mass is 35.5. The van der Waals surface area contributed by atoms with Gasteiger partial charge in [0.25, 0.3) is 0 Å². The maximum absolute atomic E-state index is 12.5. The summed E-state index contributed by atoms with van der Waals surface area (Å²) in [4.78, 5) is 28.3. The van der Waals surface area contributed by atoms with Crippen LogP contribution < -0.4 is 0 Å². The normalized spacial score (nSPS) is 12.3. The third kappa shape index (κ3) is 1.68. The lowest BCUT2D eigenvalue weighted by molar-refractivity contribution is 0.0698. The number of carboxylic acid groups (broad SMARTS) is 1. The van der Waals surface area contributed by atoms with E-state index in [1.807, 2.05) is 0 Å². The number of carbonyl (C=O) groups is 2. The zero-order chi connectivity index (χ0) is 15.4. The molecule has 22 heavy (non-hydrogen) atoms. The molecule has 0 fully saturated rings. The minimum Gasteiger partial charge on any atom is -0.478 e. The van der Waals surface area contributed by atoms with Gasteiger partial charge >= 0.3 is 5.97 Å². The van der Waals surface area contributed by atoms with Gasteiger partial charge in [0.05, 0.1) is 16.8 Å². The third-order valence-electron chi connectivity index (χ3n) is 3.80. The molecule has 0 unspecified atom stereocenters. The zero-order valence-corrected chi connectivity index (χ0v) is 11.9. The minimum atomic E-state index is -1.04. The summed E-state index contributed by atoms with van der Waals surface area (Å²) in [7, 11) is 0. The van der Waals surface area contributed by atoms with Gasteiger partial charge in [0.1, 0.15) is 0 Å². The first kappa shape index (κ1) is 13.0. The van der Waals surface area contributed by atoms with Crippen molar-refractivity contribution in [3.05, 3.63) is 64.2 Å². The molecule has 106 valence electrons. The summed E-state index contributed by atoms with van der Waals surface area (Å²) in [6.45, 7) is 0. The molecule has 1 N–H and O–H groups in total. The van der Waals surface area contributed by atoms with E-state index in [0.29, 0.717) is 38.3 Å². The van der Waals surface area contributed by atoms with Gasteiger partial charge in [-0.15, -0.1) is 0 Å². The number of halogens is 1. The smallest absolute Gasteiger partial charge is 0.337 e. The second-order valence-electron chi connectivity index (χ2n) is 5.09. The van der Waals surface area contributed by atoms with Crippen molar-refractivity contribution in [1.29, 1.82) is 0 Å². The Morgan fingerprint density at radius 1 is 1.05 bits per heavy atom. The molecule has 1 aromatic heterocycles. The number of fused-ring (bicyclic) bond motifs is 4. The highest BCUT2D eigenvalue weighted by Crippen LogP contribution is 2.38. The maximum Gasteiger partial charge on any atom is 0.337 e. The number of para-hydroxylation sites is 1. The summed E-state index contributed by atoms with van der Waals surface area (Å²) in [5, 5.41) is 10.4. The predicted octanol–water partition coefficient (Wildman–Crippen LogP) is 3.80. The van der Waals surface area contributed by atoms with Crippen molar-refractivity contribution in [3.8, 4) is 11.3 Å². The first-order chi connectivity index (χ1) is 10.6. The van der Waals surface area contributed by atoms with E-state index in [0.717, 1.165) is 0 Å². The third-order valence-corrected chi connectivity index (χ3v) is 4.04. The van der Waals surface area contributed by atoms with Crippen molar-refractivity contribution in [2.24, 2.45) is 0 Å². The van der Waals surface area contributed by atoms with Crippen LogP contribution in [0.5, 0.6) is 0 Å². The second-order valence-corrected chi connectivity index (χ2v) is 5.52. The number of rotatable bonds is 1. The molecule has 3 aromatic rings. The molecule has 4 nitrogen and oxygen atoms in total. The molecule has 0 spiro atoms. The average Bonchev–Trinajstić information content (AvgIpc) is 2.77. The van der Waals surface area contributed by atoms with Crippen molar-refractivity contribution in [2.45, 2.75) is 0 Å². The number of aromatic carboxylic acids is 1. The summed E-state index contributed by atoms with van der Waals surface area (Å²) in [6, 6.07) is 11.6. The molecule has 0 saturated carbocycles. The summed E-state index contributed by atoms with van der Waals surface area (Å²) in [6.07, 6.45) is 0. The molecular formula is C17H8ClNO3. The van der Waals surface area contributed by atoms with Crippen molar-refractivity contribution in [1.82, 2.24) is 4.98 Å². The Morgan fingerprint density at radius 2 is 1.86 bits per heavy atom. The molecule has 0 atom stereocenters. The number of hydrogen-bond donors (Lipinski definition) is 1. The number of pyridine rings is 1. The average molecular weight is 310 g/mol. The summed E-state index contributed by atoms with van der Waals surface area (Å²) in [5.74, 6) is -1.18. The molecule has 5 heteroatoms. The molecular weight excluding hydrogens is 302 g/mol. The van der Waals surface area contributed by atoms with E-state index < -0.39 is 5.97 Å². The van der Waals surface area contributed by atoms with Crippen molar-refractivity contribution >= 4 is 34.3 Å². The van der Waals surface area contributed by atoms with Crippen LogP contribution in [0.3, 0.4) is 0 Å². The summed E-state index contributed by atoms with van der Waals surface area (Å²) >= 11 is 5.95. The number of nitrogens with zero attached hydrogens (tertiary/aromatic N) is 1. The van der Waals surface area contributed by atoms with E-state index >= 15 is 0 Å². The van der Waals surface area contributed by atoms with Gasteiger partial charge in [0, 0.05) is 27.1 Å². The SMILES string of the molecule is O=C1c2cc(Cl)ccc2-c2nc3c(C(=O)O)cccc3cc21. The Balaban J connectivity index is 2.09. The van der Waals surface area contributed by atoms with E-state index in [2.05, 4.69) is 4.98 Å². The number of ketones is 1. The molecule has 1 heterocycles. The van der Waals surface area contributed by atoms with Gasteiger partial charge < -0.3 is 5.11 Å². The largest absolute Gasteiger partial charge is 0.478 e. The van der Waals surface area contributed by atoms with Crippen molar-refractivity contribution in [2.75, 3.05) is 0 Å². The van der Waals surface area contributed by atoms with Crippen molar-refractivity contribution in [3.63, 3.8) is 0 Å². The van der Waals surface area contributed by atoms with E-state index in [4.69, 9.17) is 11.6 Å². The lowest BCUT2D eigenvalue weighted by Gasteiger charge is -2.05. The number of benzene rings is 2. The van der Waals surface area contributed by atoms with Gasteiger partial charge in [-0.2, -0.15) is 0 Å². The van der Waals surface area contributed by atoms with Gasteiger partial charge in [-0.05, 0) is 24.3 Å². The highest BCUT2D eigenvalue weighted by molar-refractivity contribution is 6.32. The second kappa shape index (κ2) is 4.39. The maximum atomic E-state index is 12.5. The minimum absolute atomic E-state index is 0.121. The number of aromatic nitrogens is 1. The Hall–Kier alpha value is -2.72. The fourth-order valence-electron chi connectivity index (χ4n) is 2.81. The van der Waals surface area contributed by atoms with Crippen LogP contribution >= 0.6 is 11.6 Å². The van der Waals surface area contributed by atoms with Gasteiger partial charge in [-0.1, -0.05) is 29.8 Å². The quantitative estimate of drug-likeness (QED) is 0.581. The van der Waals surface area contributed by atoms with Crippen molar-refractivity contribution < 1.29 is 14.7 Å². The molecule has 0 aliphatic heterocycles. The van der Waals surface area contributed by atoms with E-state index in [1.165, 1.54) is 6.07 Å². The topological polar surface area (TPSA) is 67.3 Å².